The number of fused-ring (bicyclic) bond motifs is 9. The topological polar surface area (TPSA) is 37.7 Å². The van der Waals surface area contributed by atoms with E-state index < -0.39 is 0 Å². The Bertz CT molecular complexity index is 3730. The third-order valence-electron chi connectivity index (χ3n) is 12.7. The molecule has 0 fully saturated rings. The molecule has 0 bridgehead atoms. The van der Waals surface area contributed by atoms with Gasteiger partial charge in [0.2, 0.25) is 0 Å². The van der Waals surface area contributed by atoms with E-state index in [1.54, 1.807) is 0 Å². The van der Waals surface area contributed by atoms with Crippen molar-refractivity contribution in [1.29, 1.82) is 0 Å². The second kappa shape index (κ2) is 14.9. The molecule has 65 heavy (non-hydrogen) atoms. The molecule has 10 aromatic carbocycles. The number of anilines is 6. The van der Waals surface area contributed by atoms with E-state index in [-0.39, 0.29) is 0 Å². The minimum Gasteiger partial charge on any atom is -0.454 e. The number of rotatable bonds is 8. The monoisotopic (exact) mass is 833 g/mol. The molecule has 0 aliphatic heterocycles. The molecule has 0 saturated heterocycles. The van der Waals surface area contributed by atoms with Crippen LogP contribution >= 0.6 is 0 Å². The van der Waals surface area contributed by atoms with Crippen LogP contribution in [0.4, 0.5) is 34.1 Å². The Morgan fingerprint density at radius 3 is 1.32 bits per heavy atom. The maximum Gasteiger partial charge on any atom is 0.159 e. The Labute approximate surface area is 374 Å². The van der Waals surface area contributed by atoms with E-state index in [1.807, 2.05) is 24.3 Å². The number of aromatic nitrogens is 1. The molecule has 0 amide bonds. The summed E-state index contributed by atoms with van der Waals surface area (Å²) in [7, 11) is 0. The molecule has 3 aromatic heterocycles. The molecule has 3 heterocycles. The summed E-state index contributed by atoms with van der Waals surface area (Å²) in [6, 6.07) is 83.9. The maximum absolute atomic E-state index is 6.78. The van der Waals surface area contributed by atoms with Crippen molar-refractivity contribution in [3.05, 3.63) is 237 Å². The van der Waals surface area contributed by atoms with Crippen LogP contribution in [0, 0.1) is 0 Å². The lowest BCUT2D eigenvalue weighted by Crippen LogP contribution is -2.14. The Hall–Kier alpha value is -8.80. The Morgan fingerprint density at radius 1 is 0.292 bits per heavy atom. The third kappa shape index (κ3) is 6.01. The molecule has 0 saturated carbocycles. The summed E-state index contributed by atoms with van der Waals surface area (Å²) in [5.41, 5.74) is 14.8. The molecule has 0 spiro atoms. The van der Waals surface area contributed by atoms with E-state index in [0.29, 0.717) is 0 Å². The normalized spacial score (nSPS) is 11.7. The first-order valence-electron chi connectivity index (χ1n) is 22.0. The molecule has 0 radical (unpaired) electrons. The fraction of sp³-hybridized carbons (Fsp3) is 0. The average molecular weight is 834 g/mol. The zero-order valence-corrected chi connectivity index (χ0v) is 35.2. The first-order chi connectivity index (χ1) is 32.2. The smallest absolute Gasteiger partial charge is 0.159 e. The number of nitrogens with zero attached hydrogens (tertiary/aromatic N) is 3. The lowest BCUT2D eigenvalue weighted by atomic mass is 9.99. The molecule has 0 unspecified atom stereocenters. The lowest BCUT2D eigenvalue weighted by Gasteiger charge is -2.30. The fourth-order valence-electron chi connectivity index (χ4n) is 9.85. The Morgan fingerprint density at radius 2 is 0.754 bits per heavy atom. The molecule has 306 valence electrons. The van der Waals surface area contributed by atoms with Gasteiger partial charge in [-0.1, -0.05) is 140 Å². The highest BCUT2D eigenvalue weighted by atomic mass is 16.3. The highest BCUT2D eigenvalue weighted by molar-refractivity contribution is 6.13. The van der Waals surface area contributed by atoms with Gasteiger partial charge < -0.3 is 23.2 Å². The van der Waals surface area contributed by atoms with Crippen LogP contribution in [0.3, 0.4) is 0 Å². The van der Waals surface area contributed by atoms with Crippen LogP contribution in [0.15, 0.2) is 245 Å². The predicted octanol–water partition coefficient (Wildman–Crippen LogP) is 17.2. The van der Waals surface area contributed by atoms with Crippen LogP contribution in [-0.2, 0) is 0 Å². The van der Waals surface area contributed by atoms with E-state index in [9.17, 15) is 0 Å². The molecule has 0 N–H and O–H groups in total. The van der Waals surface area contributed by atoms with Crippen LogP contribution in [0.2, 0.25) is 0 Å². The molecule has 13 aromatic rings. The van der Waals surface area contributed by atoms with Crippen molar-refractivity contribution in [1.82, 2.24) is 4.57 Å². The quantitative estimate of drug-likeness (QED) is 0.153. The van der Waals surface area contributed by atoms with E-state index >= 15 is 0 Å². The van der Waals surface area contributed by atoms with Crippen molar-refractivity contribution in [2.75, 3.05) is 9.80 Å². The maximum atomic E-state index is 6.78. The zero-order valence-electron chi connectivity index (χ0n) is 35.2. The van der Waals surface area contributed by atoms with Crippen molar-refractivity contribution in [3.63, 3.8) is 0 Å². The number of furan rings is 2. The van der Waals surface area contributed by atoms with Crippen molar-refractivity contribution in [2.45, 2.75) is 0 Å². The van der Waals surface area contributed by atoms with Gasteiger partial charge in [-0.2, -0.15) is 0 Å². The third-order valence-corrected chi connectivity index (χ3v) is 12.7. The second-order valence-electron chi connectivity index (χ2n) is 16.5. The van der Waals surface area contributed by atoms with Crippen LogP contribution < -0.4 is 9.80 Å². The summed E-state index contributed by atoms with van der Waals surface area (Å²) in [4.78, 5) is 4.67. The van der Waals surface area contributed by atoms with Gasteiger partial charge in [0, 0.05) is 60.8 Å². The van der Waals surface area contributed by atoms with Gasteiger partial charge in [-0.25, -0.2) is 0 Å². The molecule has 0 aliphatic rings. The van der Waals surface area contributed by atoms with Crippen LogP contribution in [-0.4, -0.2) is 4.57 Å². The van der Waals surface area contributed by atoms with Crippen molar-refractivity contribution in [2.24, 2.45) is 0 Å². The summed E-state index contributed by atoms with van der Waals surface area (Å²) in [6.45, 7) is 0. The van der Waals surface area contributed by atoms with Crippen LogP contribution in [0.1, 0.15) is 0 Å². The van der Waals surface area contributed by atoms with E-state index in [2.05, 4.69) is 227 Å². The van der Waals surface area contributed by atoms with Gasteiger partial charge in [0.1, 0.15) is 11.2 Å². The van der Waals surface area contributed by atoms with Gasteiger partial charge in [0.05, 0.1) is 22.4 Å². The van der Waals surface area contributed by atoms with Crippen molar-refractivity contribution < 1.29 is 8.83 Å². The van der Waals surface area contributed by atoms with E-state index in [4.69, 9.17) is 8.83 Å². The molecule has 0 atom stereocenters. The Kier molecular flexibility index (Phi) is 8.46. The van der Waals surface area contributed by atoms with Gasteiger partial charge in [0.25, 0.3) is 0 Å². The highest BCUT2D eigenvalue weighted by Crippen LogP contribution is 2.48. The van der Waals surface area contributed by atoms with Gasteiger partial charge in [-0.15, -0.1) is 0 Å². The number of benzene rings is 10. The summed E-state index contributed by atoms with van der Waals surface area (Å²) in [5.74, 6) is 0. The Balaban J connectivity index is 1.11. The lowest BCUT2D eigenvalue weighted by molar-refractivity contribution is 0.669. The molecule has 0 aliphatic carbocycles. The first-order valence-corrected chi connectivity index (χ1v) is 22.0. The van der Waals surface area contributed by atoms with Gasteiger partial charge in [-0.3, -0.25) is 0 Å². The van der Waals surface area contributed by atoms with Crippen LogP contribution in [0.5, 0.6) is 0 Å². The van der Waals surface area contributed by atoms with Crippen molar-refractivity contribution in [3.8, 4) is 16.8 Å². The van der Waals surface area contributed by atoms with Gasteiger partial charge in [-0.05, 0) is 108 Å². The van der Waals surface area contributed by atoms with Gasteiger partial charge in [0.15, 0.2) is 11.2 Å². The molecule has 5 nitrogen and oxygen atoms in total. The fourth-order valence-corrected chi connectivity index (χ4v) is 9.85. The highest BCUT2D eigenvalue weighted by Gasteiger charge is 2.25. The molecular weight excluding hydrogens is 795 g/mol. The number of hydrogen-bond donors (Lipinski definition) is 0. The zero-order chi connectivity index (χ0) is 42.8. The summed E-state index contributed by atoms with van der Waals surface area (Å²) < 4.78 is 15.9. The largest absolute Gasteiger partial charge is 0.454 e. The minimum absolute atomic E-state index is 0.826. The van der Waals surface area contributed by atoms with Crippen LogP contribution in [0.25, 0.3) is 82.5 Å². The molecular formula is C60H39N3O2. The van der Waals surface area contributed by atoms with Crippen molar-refractivity contribution >= 4 is 99.8 Å². The summed E-state index contributed by atoms with van der Waals surface area (Å²) in [6.07, 6.45) is 0. The number of para-hydroxylation sites is 8. The summed E-state index contributed by atoms with van der Waals surface area (Å²) >= 11 is 0. The molecule has 5 heteroatoms. The minimum atomic E-state index is 0.826. The SMILES string of the molecule is c1ccc(N(c2cc(-c3ccc4c(c3)c3ccccc3n4-c3ccccc3)cc(N(c3ccccc3)c3cccc4c3oc3ccccc34)c2)c2cccc3c2oc2ccccc23)cc1. The standard InChI is InChI=1S/C60H39N3O2/c1-4-18-42(19-5-1)61(55-30-16-27-50-48-25-11-14-32-57(48)64-59(50)55)45-36-41(40-34-35-54-52(38-40)47-24-10-13-29-53(47)63(54)44-22-8-3-9-23-44)37-46(39-45)62(43-20-6-2-7-21-43)56-31-17-28-51-49-26-12-15-33-58(49)65-60(51)56/h1-39H. The summed E-state index contributed by atoms with van der Waals surface area (Å²) in [5, 5.41) is 6.70. The predicted molar refractivity (Wildman–Crippen MR) is 270 cm³/mol. The second-order valence-corrected chi connectivity index (χ2v) is 16.5. The molecule has 13 rings (SSSR count). The van der Waals surface area contributed by atoms with E-state index in [0.717, 1.165) is 100 Å². The number of hydrogen-bond acceptors (Lipinski definition) is 4. The van der Waals surface area contributed by atoms with Gasteiger partial charge >= 0.3 is 0 Å². The van der Waals surface area contributed by atoms with E-state index in [1.165, 1.54) is 16.3 Å². The average Bonchev–Trinajstić information content (AvgIpc) is 4.06. The first kappa shape index (κ1) is 36.8.